The van der Waals surface area contributed by atoms with E-state index >= 15 is 0 Å². The summed E-state index contributed by atoms with van der Waals surface area (Å²) in [5, 5.41) is 4.46. The molecule has 1 heterocycles. The average Bonchev–Trinajstić information content (AvgIpc) is 3.16. The van der Waals surface area contributed by atoms with Crippen molar-refractivity contribution < 1.29 is 22.7 Å². The van der Waals surface area contributed by atoms with Crippen LogP contribution in [-0.4, -0.2) is 34.6 Å². The van der Waals surface area contributed by atoms with Gasteiger partial charge in [-0.2, -0.15) is 4.72 Å². The van der Waals surface area contributed by atoms with Crippen molar-refractivity contribution in [2.75, 3.05) is 14.2 Å². The molecule has 2 rings (SSSR count). The summed E-state index contributed by atoms with van der Waals surface area (Å²) in [6.45, 7) is 3.29. The normalized spacial score (nSPS) is 13.7. The van der Waals surface area contributed by atoms with Crippen LogP contribution in [0.5, 0.6) is 11.5 Å². The molecule has 0 saturated heterocycles. The first kappa shape index (κ1) is 20.2. The van der Waals surface area contributed by atoms with Crippen LogP contribution >= 0.6 is 11.3 Å². The summed E-state index contributed by atoms with van der Waals surface area (Å²) in [6, 6.07) is 7.11. The molecule has 0 aliphatic rings. The Morgan fingerprint density at radius 2 is 1.88 bits per heavy atom. The molecule has 7 nitrogen and oxygen atoms in total. The molecule has 2 N–H and O–H groups in total. The van der Waals surface area contributed by atoms with E-state index in [-0.39, 0.29) is 10.3 Å². The molecule has 0 aliphatic carbocycles. The monoisotopic (exact) mass is 398 g/mol. The van der Waals surface area contributed by atoms with E-state index in [4.69, 9.17) is 9.47 Å². The minimum Gasteiger partial charge on any atom is -0.497 e. The highest BCUT2D eigenvalue weighted by Crippen LogP contribution is 2.29. The van der Waals surface area contributed by atoms with Gasteiger partial charge in [0.1, 0.15) is 15.7 Å². The van der Waals surface area contributed by atoms with E-state index in [1.54, 1.807) is 43.7 Å². The van der Waals surface area contributed by atoms with Crippen molar-refractivity contribution in [1.29, 1.82) is 0 Å². The third kappa shape index (κ3) is 4.75. The molecule has 0 radical (unpaired) electrons. The molecule has 26 heavy (non-hydrogen) atoms. The van der Waals surface area contributed by atoms with E-state index in [2.05, 4.69) is 10.0 Å². The number of nitrogens with one attached hydrogen (secondary N) is 2. The van der Waals surface area contributed by atoms with Gasteiger partial charge in [0.15, 0.2) is 0 Å². The highest BCUT2D eigenvalue weighted by Gasteiger charge is 2.24. The molecule has 0 fully saturated rings. The minimum absolute atomic E-state index is 0.169. The van der Waals surface area contributed by atoms with Gasteiger partial charge >= 0.3 is 0 Å². The summed E-state index contributed by atoms with van der Waals surface area (Å²) in [5.41, 5.74) is 0.759. The van der Waals surface area contributed by atoms with Gasteiger partial charge in [-0.05, 0) is 37.4 Å². The van der Waals surface area contributed by atoms with Crippen LogP contribution in [0.3, 0.4) is 0 Å². The number of ether oxygens (including phenoxy) is 2. The van der Waals surface area contributed by atoms with Crippen molar-refractivity contribution >= 4 is 27.3 Å². The lowest BCUT2D eigenvalue weighted by atomic mass is 10.1. The molecule has 9 heteroatoms. The van der Waals surface area contributed by atoms with Crippen LogP contribution in [-0.2, 0) is 14.8 Å². The number of thiophene rings is 1. The Bertz CT molecular complexity index is 850. The lowest BCUT2D eigenvalue weighted by molar-refractivity contribution is -0.123. The number of methoxy groups -OCH3 is 2. The van der Waals surface area contributed by atoms with Crippen LogP contribution in [0.1, 0.15) is 25.5 Å². The number of sulfonamides is 1. The minimum atomic E-state index is -3.72. The number of hydrogen-bond donors (Lipinski definition) is 2. The molecule has 0 spiro atoms. The molecule has 0 aliphatic heterocycles. The quantitative estimate of drug-likeness (QED) is 0.712. The van der Waals surface area contributed by atoms with Crippen molar-refractivity contribution in [3.05, 3.63) is 41.3 Å². The lowest BCUT2D eigenvalue weighted by Gasteiger charge is -2.20. The Balaban J connectivity index is 2.07. The Hall–Kier alpha value is -2.10. The second-order valence-electron chi connectivity index (χ2n) is 5.61. The molecule has 142 valence electrons. The zero-order valence-electron chi connectivity index (χ0n) is 15.0. The molecule has 0 bridgehead atoms. The van der Waals surface area contributed by atoms with Crippen LogP contribution < -0.4 is 19.5 Å². The average molecular weight is 399 g/mol. The van der Waals surface area contributed by atoms with E-state index in [0.717, 1.165) is 16.9 Å². The molecule has 1 aromatic heterocycles. The third-order valence-electron chi connectivity index (χ3n) is 3.75. The van der Waals surface area contributed by atoms with Crippen molar-refractivity contribution in [2.45, 2.75) is 30.1 Å². The van der Waals surface area contributed by atoms with Gasteiger partial charge in [0.05, 0.1) is 26.3 Å². The summed E-state index contributed by atoms with van der Waals surface area (Å²) in [6.07, 6.45) is 0. The fraction of sp³-hybridized carbons (Fsp3) is 0.353. The standard InChI is InChI=1S/C17H22N2O5S2/c1-11(14-8-7-13(23-3)10-15(14)24-4)18-17(20)12(2)19-26(21,22)16-6-5-9-25-16/h5-12,19H,1-4H3,(H,18,20). The summed E-state index contributed by atoms with van der Waals surface area (Å²) >= 11 is 1.09. The number of benzene rings is 1. The Kier molecular flexibility index (Phi) is 6.63. The fourth-order valence-corrected chi connectivity index (χ4v) is 4.57. The van der Waals surface area contributed by atoms with Gasteiger partial charge in [-0.1, -0.05) is 6.07 Å². The van der Waals surface area contributed by atoms with Gasteiger partial charge in [0.25, 0.3) is 10.0 Å². The van der Waals surface area contributed by atoms with Crippen molar-refractivity contribution in [3.63, 3.8) is 0 Å². The lowest BCUT2D eigenvalue weighted by Crippen LogP contribution is -2.45. The van der Waals surface area contributed by atoms with E-state index in [0.29, 0.717) is 11.5 Å². The van der Waals surface area contributed by atoms with E-state index in [1.807, 2.05) is 0 Å². The second-order valence-corrected chi connectivity index (χ2v) is 8.50. The Labute approximate surface area is 157 Å². The first-order chi connectivity index (χ1) is 12.3. The van der Waals surface area contributed by atoms with Crippen LogP contribution in [0.15, 0.2) is 39.9 Å². The van der Waals surface area contributed by atoms with Gasteiger partial charge < -0.3 is 14.8 Å². The highest BCUT2D eigenvalue weighted by atomic mass is 32.2. The fourth-order valence-electron chi connectivity index (χ4n) is 2.35. The predicted octanol–water partition coefficient (Wildman–Crippen LogP) is 2.31. The Morgan fingerprint density at radius 3 is 2.46 bits per heavy atom. The maximum absolute atomic E-state index is 12.4. The number of carbonyl (C=O) groups excluding carboxylic acids is 1. The number of amides is 1. The van der Waals surface area contributed by atoms with Crippen LogP contribution in [0.25, 0.3) is 0 Å². The smallest absolute Gasteiger partial charge is 0.250 e. The number of carbonyl (C=O) groups is 1. The second kappa shape index (κ2) is 8.52. The van der Waals surface area contributed by atoms with Gasteiger partial charge in [0, 0.05) is 11.6 Å². The van der Waals surface area contributed by atoms with E-state index < -0.39 is 22.0 Å². The predicted molar refractivity (Wildman–Crippen MR) is 100 cm³/mol. The topological polar surface area (TPSA) is 93.7 Å². The summed E-state index contributed by atoms with van der Waals surface area (Å²) in [4.78, 5) is 12.4. The first-order valence-electron chi connectivity index (χ1n) is 7.86. The van der Waals surface area contributed by atoms with Gasteiger partial charge in [-0.25, -0.2) is 8.42 Å². The first-order valence-corrected chi connectivity index (χ1v) is 10.2. The summed E-state index contributed by atoms with van der Waals surface area (Å²) in [5.74, 6) is 0.778. The SMILES string of the molecule is COc1ccc(C(C)NC(=O)C(C)NS(=O)(=O)c2cccs2)c(OC)c1. The molecule has 0 saturated carbocycles. The van der Waals surface area contributed by atoms with Crippen LogP contribution in [0, 0.1) is 0 Å². The van der Waals surface area contributed by atoms with Gasteiger partial charge in [-0.3, -0.25) is 4.79 Å². The van der Waals surface area contributed by atoms with Crippen molar-refractivity contribution in [1.82, 2.24) is 10.0 Å². The number of hydrogen-bond acceptors (Lipinski definition) is 6. The number of rotatable bonds is 8. The maximum Gasteiger partial charge on any atom is 0.250 e. The van der Waals surface area contributed by atoms with E-state index in [9.17, 15) is 13.2 Å². The summed E-state index contributed by atoms with van der Waals surface area (Å²) in [7, 11) is -0.628. The Morgan fingerprint density at radius 1 is 1.15 bits per heavy atom. The van der Waals surface area contributed by atoms with Gasteiger partial charge in [-0.15, -0.1) is 11.3 Å². The maximum atomic E-state index is 12.4. The molecular weight excluding hydrogens is 376 g/mol. The van der Waals surface area contributed by atoms with Gasteiger partial charge in [0.2, 0.25) is 5.91 Å². The van der Waals surface area contributed by atoms with Crippen molar-refractivity contribution in [3.8, 4) is 11.5 Å². The highest BCUT2D eigenvalue weighted by molar-refractivity contribution is 7.91. The molecule has 2 unspecified atom stereocenters. The zero-order chi connectivity index (χ0) is 19.3. The molecule has 1 amide bonds. The molecule has 1 aromatic carbocycles. The van der Waals surface area contributed by atoms with Crippen molar-refractivity contribution in [2.24, 2.45) is 0 Å². The third-order valence-corrected chi connectivity index (χ3v) is 6.69. The van der Waals surface area contributed by atoms with E-state index in [1.165, 1.54) is 20.1 Å². The van der Waals surface area contributed by atoms with Crippen LogP contribution in [0.4, 0.5) is 0 Å². The molecular formula is C17H22N2O5S2. The van der Waals surface area contributed by atoms with Crippen LogP contribution in [0.2, 0.25) is 0 Å². The molecule has 2 atom stereocenters. The largest absolute Gasteiger partial charge is 0.497 e. The summed E-state index contributed by atoms with van der Waals surface area (Å²) < 4.78 is 37.5. The zero-order valence-corrected chi connectivity index (χ0v) is 16.6. The molecule has 2 aromatic rings.